The van der Waals surface area contributed by atoms with E-state index in [4.69, 9.17) is 0 Å². The molecule has 2 nitrogen and oxygen atoms in total. The molecule has 0 saturated carbocycles. The number of benzene rings is 9. The van der Waals surface area contributed by atoms with E-state index in [1.165, 1.54) is 122 Å². The second-order valence-electron chi connectivity index (χ2n) is 20.0. The third kappa shape index (κ3) is 4.26. The maximum absolute atomic E-state index is 2.72. The molecule has 3 heteroatoms. The fourth-order valence-electron chi connectivity index (χ4n) is 12.9. The van der Waals surface area contributed by atoms with Crippen LogP contribution in [-0.2, 0) is 16.2 Å². The van der Waals surface area contributed by atoms with Crippen molar-refractivity contribution in [3.63, 3.8) is 0 Å². The summed E-state index contributed by atoms with van der Waals surface area (Å²) in [5.41, 5.74) is 25.9. The number of nitrogens with zero attached hydrogens (tertiary/aromatic N) is 2. The zero-order valence-electron chi connectivity index (χ0n) is 36.3. The van der Waals surface area contributed by atoms with Gasteiger partial charge in [0.2, 0.25) is 0 Å². The van der Waals surface area contributed by atoms with E-state index < -0.39 is 5.41 Å². The highest BCUT2D eigenvalue weighted by molar-refractivity contribution is 6.94. The van der Waals surface area contributed by atoms with Crippen molar-refractivity contribution in [2.75, 3.05) is 9.71 Å². The standard InChI is InChI=1S/C60H45BN2/c1-58(2,3)37-29-31-38(32-30-37)63-53-35-50-43(42-21-8-11-22-45(42)59(50,4)5)34-44(53)55-39-18-7-6-17-36(39)33-54-56(55)61(63)51-27-16-26-49-57(51)62(54)52-28-15-14-25-48(52)60(49)46-23-12-9-19-40(46)41-20-10-13-24-47(41)60/h6-35H,1-5H3. The van der Waals surface area contributed by atoms with E-state index in [0.717, 1.165) is 0 Å². The van der Waals surface area contributed by atoms with E-state index in [2.05, 4.69) is 226 Å². The maximum Gasteiger partial charge on any atom is 0.333 e. The van der Waals surface area contributed by atoms with Crippen molar-refractivity contribution in [1.82, 2.24) is 0 Å². The van der Waals surface area contributed by atoms with Gasteiger partial charge in [-0.25, -0.2) is 0 Å². The van der Waals surface area contributed by atoms with Crippen molar-refractivity contribution < 1.29 is 0 Å². The zero-order valence-corrected chi connectivity index (χ0v) is 36.3. The molecule has 5 aliphatic rings. The number of para-hydroxylation sites is 2. The molecule has 9 aromatic carbocycles. The van der Waals surface area contributed by atoms with Crippen LogP contribution in [0.3, 0.4) is 0 Å². The van der Waals surface area contributed by atoms with E-state index in [-0.39, 0.29) is 17.7 Å². The third-order valence-corrected chi connectivity index (χ3v) is 15.6. The molecule has 0 N–H and O–H groups in total. The van der Waals surface area contributed by atoms with Crippen molar-refractivity contribution >= 4 is 57.0 Å². The van der Waals surface area contributed by atoms with Crippen LogP contribution >= 0.6 is 0 Å². The Labute approximate surface area is 370 Å². The van der Waals surface area contributed by atoms with Crippen LogP contribution in [0.5, 0.6) is 0 Å². The molecule has 63 heavy (non-hydrogen) atoms. The summed E-state index contributed by atoms with van der Waals surface area (Å²) in [7, 11) is 0. The minimum Gasteiger partial charge on any atom is -0.376 e. The normalized spacial score (nSPS) is 15.9. The summed E-state index contributed by atoms with van der Waals surface area (Å²) in [6.07, 6.45) is 0. The summed E-state index contributed by atoms with van der Waals surface area (Å²) in [6.45, 7) is 11.7. The molecular formula is C60H45BN2. The van der Waals surface area contributed by atoms with Crippen molar-refractivity contribution in [1.29, 1.82) is 0 Å². The lowest BCUT2D eigenvalue weighted by Crippen LogP contribution is -2.62. The smallest absolute Gasteiger partial charge is 0.333 e. The van der Waals surface area contributed by atoms with Gasteiger partial charge in [-0.1, -0.05) is 180 Å². The largest absolute Gasteiger partial charge is 0.376 e. The Kier molecular flexibility index (Phi) is 6.69. The van der Waals surface area contributed by atoms with Crippen LogP contribution in [0.1, 0.15) is 73.6 Å². The molecule has 298 valence electrons. The van der Waals surface area contributed by atoms with Crippen LogP contribution in [0.25, 0.3) is 44.2 Å². The first-order valence-electron chi connectivity index (χ1n) is 22.6. The van der Waals surface area contributed by atoms with Gasteiger partial charge in [-0.05, 0) is 130 Å². The summed E-state index contributed by atoms with van der Waals surface area (Å²) in [6, 6.07) is 70.3. The Morgan fingerprint density at radius 3 is 1.78 bits per heavy atom. The SMILES string of the molecule is CC(C)(C)c1ccc(N2B3c4cccc5c4N(c4ccccc4C54c5ccccc5-c5ccccc54)c4cc5ccccc5c(c43)-c3cc4c(cc32)C(C)(C)c2ccccc2-4)cc1. The Morgan fingerprint density at radius 1 is 0.460 bits per heavy atom. The molecular weight excluding hydrogens is 759 g/mol. The fraction of sp³-hybridized carbons (Fsp3) is 0.133. The van der Waals surface area contributed by atoms with Gasteiger partial charge in [0.05, 0.1) is 11.1 Å². The fourth-order valence-corrected chi connectivity index (χ4v) is 12.9. The molecule has 0 fully saturated rings. The monoisotopic (exact) mass is 804 g/mol. The second kappa shape index (κ2) is 11.9. The number of anilines is 5. The molecule has 14 rings (SSSR count). The van der Waals surface area contributed by atoms with Crippen LogP contribution < -0.4 is 20.6 Å². The number of fused-ring (bicyclic) bond motifs is 18. The average Bonchev–Trinajstić information content (AvgIpc) is 3.72. The van der Waals surface area contributed by atoms with Gasteiger partial charge in [-0.3, -0.25) is 0 Å². The van der Waals surface area contributed by atoms with E-state index >= 15 is 0 Å². The molecule has 0 bridgehead atoms. The van der Waals surface area contributed by atoms with E-state index in [1.54, 1.807) is 0 Å². The predicted molar refractivity (Wildman–Crippen MR) is 265 cm³/mol. The summed E-state index contributed by atoms with van der Waals surface area (Å²) < 4.78 is 0. The number of hydrogen-bond acceptors (Lipinski definition) is 2. The van der Waals surface area contributed by atoms with E-state index in [9.17, 15) is 0 Å². The first-order valence-corrected chi connectivity index (χ1v) is 22.6. The van der Waals surface area contributed by atoms with Crippen LogP contribution in [0, 0.1) is 0 Å². The van der Waals surface area contributed by atoms with Crippen molar-refractivity contribution in [3.05, 3.63) is 221 Å². The number of hydrogen-bond donors (Lipinski definition) is 0. The Balaban J connectivity index is 1.15. The summed E-state index contributed by atoms with van der Waals surface area (Å²) in [5.74, 6) is 0. The van der Waals surface area contributed by atoms with Crippen LogP contribution in [0.2, 0.25) is 0 Å². The minimum atomic E-state index is -0.495. The molecule has 9 aromatic rings. The molecule has 0 aromatic heterocycles. The molecule has 3 heterocycles. The van der Waals surface area contributed by atoms with E-state index in [1.807, 2.05) is 0 Å². The molecule has 2 aliphatic carbocycles. The molecule has 0 atom stereocenters. The molecule has 0 radical (unpaired) electrons. The van der Waals surface area contributed by atoms with Gasteiger partial charge < -0.3 is 9.71 Å². The van der Waals surface area contributed by atoms with Gasteiger partial charge in [-0.15, -0.1) is 0 Å². The van der Waals surface area contributed by atoms with Crippen LogP contribution in [0.4, 0.5) is 28.4 Å². The Hall–Kier alpha value is -7.10. The Bertz CT molecular complexity index is 3450. The average molecular weight is 805 g/mol. The summed E-state index contributed by atoms with van der Waals surface area (Å²) >= 11 is 0. The minimum absolute atomic E-state index is 0.0348. The van der Waals surface area contributed by atoms with E-state index in [0.29, 0.717) is 0 Å². The van der Waals surface area contributed by atoms with Crippen molar-refractivity contribution in [3.8, 4) is 33.4 Å². The second-order valence-corrected chi connectivity index (χ2v) is 20.0. The van der Waals surface area contributed by atoms with Gasteiger partial charge in [0.1, 0.15) is 0 Å². The topological polar surface area (TPSA) is 6.48 Å². The maximum atomic E-state index is 2.72. The highest BCUT2D eigenvalue weighted by atomic mass is 15.2. The first kappa shape index (κ1) is 35.5. The van der Waals surface area contributed by atoms with Crippen molar-refractivity contribution in [2.24, 2.45) is 0 Å². The van der Waals surface area contributed by atoms with Crippen LogP contribution in [-0.4, -0.2) is 6.85 Å². The zero-order chi connectivity index (χ0) is 42.1. The Morgan fingerprint density at radius 2 is 1.06 bits per heavy atom. The first-order chi connectivity index (χ1) is 30.7. The molecule has 3 aliphatic heterocycles. The van der Waals surface area contributed by atoms with Gasteiger partial charge in [0, 0.05) is 33.7 Å². The third-order valence-electron chi connectivity index (χ3n) is 15.6. The molecule has 0 amide bonds. The molecule has 0 unspecified atom stereocenters. The molecule has 0 saturated heterocycles. The van der Waals surface area contributed by atoms with Gasteiger partial charge in [0.25, 0.3) is 0 Å². The summed E-state index contributed by atoms with van der Waals surface area (Å²) in [5, 5.41) is 2.56. The van der Waals surface area contributed by atoms with Crippen molar-refractivity contribution in [2.45, 2.75) is 50.9 Å². The lowest BCUT2D eigenvalue weighted by molar-refractivity contribution is 0.590. The van der Waals surface area contributed by atoms with Gasteiger partial charge in [0.15, 0.2) is 0 Å². The number of rotatable bonds is 1. The van der Waals surface area contributed by atoms with Crippen LogP contribution in [0.15, 0.2) is 182 Å². The summed E-state index contributed by atoms with van der Waals surface area (Å²) in [4.78, 5) is 5.38. The highest BCUT2D eigenvalue weighted by Gasteiger charge is 2.56. The molecule has 1 spiro atoms. The highest BCUT2D eigenvalue weighted by Crippen LogP contribution is 2.64. The quantitative estimate of drug-likeness (QED) is 0.153. The predicted octanol–water partition coefficient (Wildman–Crippen LogP) is 13.8. The lowest BCUT2D eigenvalue weighted by Gasteiger charge is -2.51. The van der Waals surface area contributed by atoms with Gasteiger partial charge >= 0.3 is 6.85 Å². The van der Waals surface area contributed by atoms with Gasteiger partial charge in [-0.2, -0.15) is 0 Å². The lowest BCUT2D eigenvalue weighted by atomic mass is 9.42.